The summed E-state index contributed by atoms with van der Waals surface area (Å²) in [6.07, 6.45) is 3.69. The Morgan fingerprint density at radius 1 is 0.767 bits per heavy atom. The summed E-state index contributed by atoms with van der Waals surface area (Å²) in [6, 6.07) is 22.6. The molecule has 2 fully saturated rings. The number of fused-ring (bicyclic) bond motifs is 1. The first-order valence-corrected chi connectivity index (χ1v) is 11.4. The van der Waals surface area contributed by atoms with E-state index in [9.17, 15) is 4.39 Å². The SMILES string of the molecule is Fc1ccc(C2CCN(CC3CCN(Cc4cccc5ccccc45)C3)CC2)cc1. The smallest absolute Gasteiger partial charge is 0.123 e. The van der Waals surface area contributed by atoms with Crippen molar-refractivity contribution in [3.8, 4) is 0 Å². The molecule has 3 aromatic rings. The van der Waals surface area contributed by atoms with Gasteiger partial charge in [-0.3, -0.25) is 4.90 Å². The molecule has 1 unspecified atom stereocenters. The maximum Gasteiger partial charge on any atom is 0.123 e. The molecule has 0 N–H and O–H groups in total. The fourth-order valence-electron chi connectivity index (χ4n) is 5.43. The molecule has 1 atom stereocenters. The van der Waals surface area contributed by atoms with Gasteiger partial charge in [0, 0.05) is 19.6 Å². The molecular formula is C27H31FN2. The molecule has 156 valence electrons. The van der Waals surface area contributed by atoms with Gasteiger partial charge >= 0.3 is 0 Å². The molecule has 0 bridgehead atoms. The predicted octanol–water partition coefficient (Wildman–Crippen LogP) is 5.68. The highest BCUT2D eigenvalue weighted by Crippen LogP contribution is 2.30. The van der Waals surface area contributed by atoms with Gasteiger partial charge in [0.15, 0.2) is 0 Å². The Bertz CT molecular complexity index is 970. The van der Waals surface area contributed by atoms with Crippen LogP contribution in [0.4, 0.5) is 4.39 Å². The van der Waals surface area contributed by atoms with Crippen molar-refractivity contribution in [3.05, 3.63) is 83.7 Å². The standard InChI is InChI=1S/C27H31FN2/c28-26-10-8-22(9-11-26)23-13-16-29(17-14-23)18-21-12-15-30(19-21)20-25-6-3-5-24-4-1-2-7-27(24)25/h1-11,21,23H,12-20H2. The molecule has 2 nitrogen and oxygen atoms in total. The third kappa shape index (κ3) is 4.43. The second kappa shape index (κ2) is 8.87. The van der Waals surface area contributed by atoms with Crippen LogP contribution in [0, 0.1) is 11.7 Å². The first-order valence-electron chi connectivity index (χ1n) is 11.4. The van der Waals surface area contributed by atoms with Crippen LogP contribution in [0.5, 0.6) is 0 Å². The molecular weight excluding hydrogens is 371 g/mol. The van der Waals surface area contributed by atoms with E-state index < -0.39 is 0 Å². The van der Waals surface area contributed by atoms with Gasteiger partial charge in [-0.25, -0.2) is 4.39 Å². The van der Waals surface area contributed by atoms with Crippen LogP contribution in [0.1, 0.15) is 36.3 Å². The fourth-order valence-corrected chi connectivity index (χ4v) is 5.43. The lowest BCUT2D eigenvalue weighted by Crippen LogP contribution is -2.37. The number of halogens is 1. The van der Waals surface area contributed by atoms with E-state index in [-0.39, 0.29) is 5.82 Å². The number of hydrogen-bond acceptors (Lipinski definition) is 2. The molecule has 0 radical (unpaired) electrons. The van der Waals surface area contributed by atoms with Crippen molar-refractivity contribution in [2.45, 2.75) is 31.7 Å². The highest BCUT2D eigenvalue weighted by Gasteiger charge is 2.27. The number of hydrogen-bond donors (Lipinski definition) is 0. The van der Waals surface area contributed by atoms with E-state index >= 15 is 0 Å². The lowest BCUT2D eigenvalue weighted by atomic mass is 9.89. The second-order valence-corrected chi connectivity index (χ2v) is 9.15. The Hall–Kier alpha value is -2.23. The number of rotatable bonds is 5. The summed E-state index contributed by atoms with van der Waals surface area (Å²) in [4.78, 5) is 5.30. The van der Waals surface area contributed by atoms with Crippen LogP contribution < -0.4 is 0 Å². The van der Waals surface area contributed by atoms with E-state index in [2.05, 4.69) is 52.3 Å². The number of nitrogens with zero attached hydrogens (tertiary/aromatic N) is 2. The summed E-state index contributed by atoms with van der Waals surface area (Å²) >= 11 is 0. The summed E-state index contributed by atoms with van der Waals surface area (Å²) in [5.74, 6) is 1.24. The van der Waals surface area contributed by atoms with E-state index in [0.29, 0.717) is 5.92 Å². The zero-order valence-corrected chi connectivity index (χ0v) is 17.6. The molecule has 2 aliphatic heterocycles. The summed E-state index contributed by atoms with van der Waals surface area (Å²) < 4.78 is 13.2. The van der Waals surface area contributed by atoms with Gasteiger partial charge in [-0.1, -0.05) is 54.6 Å². The van der Waals surface area contributed by atoms with Gasteiger partial charge in [-0.2, -0.15) is 0 Å². The first-order chi connectivity index (χ1) is 14.7. The average Bonchev–Trinajstić information content (AvgIpc) is 3.22. The van der Waals surface area contributed by atoms with Crippen molar-refractivity contribution >= 4 is 10.8 Å². The van der Waals surface area contributed by atoms with E-state index in [1.54, 1.807) is 12.1 Å². The van der Waals surface area contributed by atoms with Crippen molar-refractivity contribution in [2.24, 2.45) is 5.92 Å². The molecule has 5 rings (SSSR count). The highest BCUT2D eigenvalue weighted by molar-refractivity contribution is 5.85. The second-order valence-electron chi connectivity index (χ2n) is 9.15. The maximum atomic E-state index is 13.2. The zero-order chi connectivity index (χ0) is 20.3. The van der Waals surface area contributed by atoms with E-state index in [4.69, 9.17) is 0 Å². The quantitative estimate of drug-likeness (QED) is 0.542. The van der Waals surface area contributed by atoms with Gasteiger partial charge in [0.1, 0.15) is 5.82 Å². The van der Waals surface area contributed by atoms with Crippen molar-refractivity contribution in [1.82, 2.24) is 9.80 Å². The minimum atomic E-state index is -0.134. The molecule has 0 amide bonds. The summed E-state index contributed by atoms with van der Waals surface area (Å²) in [5.41, 5.74) is 2.76. The van der Waals surface area contributed by atoms with Gasteiger partial charge in [-0.15, -0.1) is 0 Å². The summed E-state index contributed by atoms with van der Waals surface area (Å²) in [7, 11) is 0. The minimum Gasteiger partial charge on any atom is -0.303 e. The molecule has 2 aliphatic rings. The molecule has 2 saturated heterocycles. The Kier molecular flexibility index (Phi) is 5.83. The van der Waals surface area contributed by atoms with Crippen LogP contribution >= 0.6 is 0 Å². The Morgan fingerprint density at radius 3 is 2.33 bits per heavy atom. The van der Waals surface area contributed by atoms with Gasteiger partial charge in [-0.05, 0) is 84.8 Å². The Morgan fingerprint density at radius 2 is 1.50 bits per heavy atom. The largest absolute Gasteiger partial charge is 0.303 e. The fraction of sp³-hybridized carbons (Fsp3) is 0.407. The normalized spacial score (nSPS) is 21.4. The van der Waals surface area contributed by atoms with Crippen LogP contribution in [0.15, 0.2) is 66.7 Å². The van der Waals surface area contributed by atoms with E-state index in [1.807, 2.05) is 12.1 Å². The number of likely N-dealkylation sites (tertiary alicyclic amines) is 2. The minimum absolute atomic E-state index is 0.134. The van der Waals surface area contributed by atoms with E-state index in [0.717, 1.165) is 12.5 Å². The Labute approximate surface area is 179 Å². The van der Waals surface area contributed by atoms with Crippen LogP contribution in [0.25, 0.3) is 10.8 Å². The van der Waals surface area contributed by atoms with E-state index in [1.165, 1.54) is 73.9 Å². The van der Waals surface area contributed by atoms with Crippen LogP contribution in [0.2, 0.25) is 0 Å². The molecule has 2 heterocycles. The lowest BCUT2D eigenvalue weighted by Gasteiger charge is -2.33. The Balaban J connectivity index is 1.12. The lowest BCUT2D eigenvalue weighted by molar-refractivity contribution is 0.181. The molecule has 0 aliphatic carbocycles. The highest BCUT2D eigenvalue weighted by atomic mass is 19.1. The molecule has 3 heteroatoms. The van der Waals surface area contributed by atoms with Crippen LogP contribution in [0.3, 0.4) is 0 Å². The molecule has 3 aromatic carbocycles. The third-order valence-electron chi connectivity index (χ3n) is 7.09. The van der Waals surface area contributed by atoms with Crippen molar-refractivity contribution in [3.63, 3.8) is 0 Å². The maximum absolute atomic E-state index is 13.2. The molecule has 0 spiro atoms. The van der Waals surface area contributed by atoms with Crippen molar-refractivity contribution in [1.29, 1.82) is 0 Å². The van der Waals surface area contributed by atoms with Gasteiger partial charge in [0.2, 0.25) is 0 Å². The zero-order valence-electron chi connectivity index (χ0n) is 17.6. The summed E-state index contributed by atoms with van der Waals surface area (Å²) in [6.45, 7) is 7.04. The van der Waals surface area contributed by atoms with Crippen LogP contribution in [-0.4, -0.2) is 42.5 Å². The number of piperidine rings is 1. The van der Waals surface area contributed by atoms with Crippen LogP contribution in [-0.2, 0) is 6.54 Å². The van der Waals surface area contributed by atoms with Gasteiger partial charge in [0.05, 0.1) is 0 Å². The average molecular weight is 403 g/mol. The molecule has 0 aromatic heterocycles. The first kappa shape index (κ1) is 19.7. The third-order valence-corrected chi connectivity index (χ3v) is 7.09. The number of benzene rings is 3. The van der Waals surface area contributed by atoms with Crippen molar-refractivity contribution in [2.75, 3.05) is 32.7 Å². The van der Waals surface area contributed by atoms with Crippen molar-refractivity contribution < 1.29 is 4.39 Å². The molecule has 30 heavy (non-hydrogen) atoms. The monoisotopic (exact) mass is 402 g/mol. The van der Waals surface area contributed by atoms with Gasteiger partial charge < -0.3 is 4.90 Å². The topological polar surface area (TPSA) is 6.48 Å². The summed E-state index contributed by atoms with van der Waals surface area (Å²) in [5, 5.41) is 2.74. The molecule has 0 saturated carbocycles. The predicted molar refractivity (Wildman–Crippen MR) is 122 cm³/mol. The van der Waals surface area contributed by atoms with Gasteiger partial charge in [0.25, 0.3) is 0 Å².